The van der Waals surface area contributed by atoms with E-state index in [2.05, 4.69) is 30.4 Å². The van der Waals surface area contributed by atoms with Gasteiger partial charge in [-0.05, 0) is 36.8 Å². The van der Waals surface area contributed by atoms with Crippen LogP contribution >= 0.6 is 11.8 Å². The Hall–Kier alpha value is -1.61. The van der Waals surface area contributed by atoms with Crippen LogP contribution in [0.5, 0.6) is 5.75 Å². The minimum Gasteiger partial charge on any atom is -0.507 e. The van der Waals surface area contributed by atoms with Crippen molar-refractivity contribution >= 4 is 23.1 Å². The van der Waals surface area contributed by atoms with Gasteiger partial charge < -0.3 is 10.4 Å². The number of hydrogen-bond acceptors (Lipinski definition) is 3. The lowest BCUT2D eigenvalue weighted by Crippen LogP contribution is -1.99. The fourth-order valence-electron chi connectivity index (χ4n) is 1.82. The Bertz CT molecular complexity index is 566. The van der Waals surface area contributed by atoms with Gasteiger partial charge in [0.05, 0.1) is 16.3 Å². The third kappa shape index (κ3) is 1.44. The van der Waals surface area contributed by atoms with Crippen LogP contribution in [0.4, 0.5) is 11.4 Å². The van der Waals surface area contributed by atoms with Crippen molar-refractivity contribution in [2.24, 2.45) is 0 Å². The zero-order valence-electron chi connectivity index (χ0n) is 8.82. The van der Waals surface area contributed by atoms with Crippen molar-refractivity contribution in [3.05, 3.63) is 42.0 Å². The summed E-state index contributed by atoms with van der Waals surface area (Å²) in [5.74, 6) is 0.334. The summed E-state index contributed by atoms with van der Waals surface area (Å²) in [6.07, 6.45) is 0. The van der Waals surface area contributed by atoms with Gasteiger partial charge in [-0.2, -0.15) is 0 Å². The van der Waals surface area contributed by atoms with Crippen LogP contribution in [0.3, 0.4) is 0 Å². The number of fused-ring (bicyclic) bond motifs is 2. The summed E-state index contributed by atoms with van der Waals surface area (Å²) in [6, 6.07) is 11.8. The minimum absolute atomic E-state index is 0.334. The molecule has 0 aliphatic carbocycles. The van der Waals surface area contributed by atoms with E-state index in [0.717, 1.165) is 21.2 Å². The van der Waals surface area contributed by atoms with Crippen molar-refractivity contribution in [2.45, 2.75) is 16.7 Å². The molecule has 0 fully saturated rings. The van der Waals surface area contributed by atoms with Crippen LogP contribution in [0.1, 0.15) is 5.56 Å². The molecule has 3 heteroatoms. The molecule has 2 aromatic rings. The summed E-state index contributed by atoms with van der Waals surface area (Å²) in [6.45, 7) is 2.07. The molecule has 0 saturated heterocycles. The maximum absolute atomic E-state index is 9.78. The lowest BCUT2D eigenvalue weighted by atomic mass is 10.2. The Morgan fingerprint density at radius 3 is 2.88 bits per heavy atom. The molecule has 2 nitrogen and oxygen atoms in total. The summed E-state index contributed by atoms with van der Waals surface area (Å²) in [4.78, 5) is 2.05. The number of nitrogens with one attached hydrogen (secondary N) is 1. The number of phenolic OH excluding ortho intramolecular Hbond substituents is 1. The number of anilines is 2. The molecule has 0 unspecified atom stereocenters. The molecule has 2 N–H and O–H groups in total. The summed E-state index contributed by atoms with van der Waals surface area (Å²) in [5.41, 5.74) is 3.32. The first-order valence-electron chi connectivity index (χ1n) is 5.11. The number of aromatic hydroxyl groups is 1. The normalized spacial score (nSPS) is 12.6. The zero-order valence-corrected chi connectivity index (χ0v) is 9.64. The molecule has 1 aliphatic heterocycles. The molecule has 80 valence electrons. The highest BCUT2D eigenvalue weighted by atomic mass is 32.2. The first kappa shape index (κ1) is 9.60. The molecular weight excluding hydrogens is 218 g/mol. The molecule has 1 aliphatic rings. The van der Waals surface area contributed by atoms with Crippen molar-refractivity contribution in [3.63, 3.8) is 0 Å². The molecule has 0 bridgehead atoms. The van der Waals surface area contributed by atoms with Crippen LogP contribution < -0.4 is 5.32 Å². The maximum Gasteiger partial charge on any atom is 0.131 e. The van der Waals surface area contributed by atoms with Gasteiger partial charge in [0, 0.05) is 4.90 Å². The van der Waals surface area contributed by atoms with Gasteiger partial charge in [0.25, 0.3) is 0 Å². The molecule has 0 saturated carbocycles. The lowest BCUT2D eigenvalue weighted by molar-refractivity contribution is 0.463. The summed E-state index contributed by atoms with van der Waals surface area (Å²) < 4.78 is 0. The Morgan fingerprint density at radius 2 is 2.00 bits per heavy atom. The highest BCUT2D eigenvalue weighted by Crippen LogP contribution is 2.47. The fourth-order valence-corrected chi connectivity index (χ4v) is 2.79. The maximum atomic E-state index is 9.78. The van der Waals surface area contributed by atoms with Gasteiger partial charge >= 0.3 is 0 Å². The number of benzene rings is 2. The zero-order chi connectivity index (χ0) is 11.1. The van der Waals surface area contributed by atoms with Gasteiger partial charge in [0.1, 0.15) is 5.75 Å². The van der Waals surface area contributed by atoms with E-state index in [1.807, 2.05) is 12.1 Å². The molecule has 16 heavy (non-hydrogen) atoms. The standard InChI is InChI=1S/C13H11NOS/c1-8-5-6-12-10(7-8)14-9-3-2-4-11(15)13(9)16-12/h2-7,14-15H,1H3. The molecule has 3 rings (SSSR count). The fraction of sp³-hybridized carbons (Fsp3) is 0.0769. The molecule has 0 aromatic heterocycles. The molecule has 1 heterocycles. The van der Waals surface area contributed by atoms with Crippen LogP contribution in [-0.4, -0.2) is 5.11 Å². The van der Waals surface area contributed by atoms with E-state index in [0.29, 0.717) is 5.75 Å². The van der Waals surface area contributed by atoms with Crippen molar-refractivity contribution in [2.75, 3.05) is 5.32 Å². The van der Waals surface area contributed by atoms with Crippen molar-refractivity contribution < 1.29 is 5.11 Å². The average molecular weight is 229 g/mol. The largest absolute Gasteiger partial charge is 0.507 e. The van der Waals surface area contributed by atoms with Crippen molar-refractivity contribution in [1.29, 1.82) is 0 Å². The molecular formula is C13H11NOS. The van der Waals surface area contributed by atoms with E-state index in [4.69, 9.17) is 0 Å². The molecule has 2 aromatic carbocycles. The predicted molar refractivity (Wildman–Crippen MR) is 66.7 cm³/mol. The predicted octanol–water partition coefficient (Wildman–Crippen LogP) is 3.91. The van der Waals surface area contributed by atoms with E-state index < -0.39 is 0 Å². The molecule has 0 spiro atoms. The smallest absolute Gasteiger partial charge is 0.131 e. The van der Waals surface area contributed by atoms with E-state index >= 15 is 0 Å². The topological polar surface area (TPSA) is 32.3 Å². The second-order valence-electron chi connectivity index (χ2n) is 3.88. The Morgan fingerprint density at radius 1 is 1.12 bits per heavy atom. The Kier molecular flexibility index (Phi) is 2.07. The third-order valence-electron chi connectivity index (χ3n) is 2.61. The third-order valence-corrected chi connectivity index (χ3v) is 3.82. The Labute approximate surface area is 98.3 Å². The van der Waals surface area contributed by atoms with Gasteiger partial charge in [-0.1, -0.05) is 23.9 Å². The van der Waals surface area contributed by atoms with Crippen molar-refractivity contribution in [1.82, 2.24) is 0 Å². The van der Waals surface area contributed by atoms with Gasteiger partial charge in [-0.25, -0.2) is 0 Å². The van der Waals surface area contributed by atoms with Crippen LogP contribution in [0, 0.1) is 6.92 Å². The molecule has 0 amide bonds. The second-order valence-corrected chi connectivity index (χ2v) is 4.93. The highest BCUT2D eigenvalue weighted by molar-refractivity contribution is 7.99. The summed E-state index contributed by atoms with van der Waals surface area (Å²) in [7, 11) is 0. The summed E-state index contributed by atoms with van der Waals surface area (Å²) in [5, 5.41) is 13.1. The van der Waals surface area contributed by atoms with Crippen LogP contribution in [-0.2, 0) is 0 Å². The summed E-state index contributed by atoms with van der Waals surface area (Å²) >= 11 is 1.61. The van der Waals surface area contributed by atoms with Crippen molar-refractivity contribution in [3.8, 4) is 5.75 Å². The van der Waals surface area contributed by atoms with E-state index in [-0.39, 0.29) is 0 Å². The van der Waals surface area contributed by atoms with E-state index in [1.165, 1.54) is 5.56 Å². The Balaban J connectivity index is 2.13. The number of hydrogen-bond donors (Lipinski definition) is 2. The van der Waals surface area contributed by atoms with Gasteiger partial charge in [0.15, 0.2) is 0 Å². The van der Waals surface area contributed by atoms with Crippen LogP contribution in [0.2, 0.25) is 0 Å². The van der Waals surface area contributed by atoms with E-state index in [1.54, 1.807) is 17.8 Å². The average Bonchev–Trinajstić information content (AvgIpc) is 2.27. The van der Waals surface area contributed by atoms with Gasteiger partial charge in [0.2, 0.25) is 0 Å². The SMILES string of the molecule is Cc1ccc2c(c1)Nc1cccc(O)c1S2. The highest BCUT2D eigenvalue weighted by Gasteiger charge is 2.17. The minimum atomic E-state index is 0.334. The molecule has 0 atom stereocenters. The van der Waals surface area contributed by atoms with Gasteiger partial charge in [-0.15, -0.1) is 0 Å². The molecule has 0 radical (unpaired) electrons. The number of phenols is 1. The lowest BCUT2D eigenvalue weighted by Gasteiger charge is -2.21. The van der Waals surface area contributed by atoms with Gasteiger partial charge in [-0.3, -0.25) is 0 Å². The monoisotopic (exact) mass is 229 g/mol. The quantitative estimate of drug-likeness (QED) is 0.613. The number of rotatable bonds is 0. The first-order chi connectivity index (χ1) is 7.74. The van der Waals surface area contributed by atoms with E-state index in [9.17, 15) is 5.11 Å². The van der Waals surface area contributed by atoms with Crippen LogP contribution in [0.15, 0.2) is 46.2 Å². The number of aryl methyl sites for hydroxylation is 1. The first-order valence-corrected chi connectivity index (χ1v) is 5.93. The second kappa shape index (κ2) is 3.46. The van der Waals surface area contributed by atoms with Crippen LogP contribution in [0.25, 0.3) is 0 Å².